The summed E-state index contributed by atoms with van der Waals surface area (Å²) >= 11 is 0. The number of guanidine groups is 1. The highest BCUT2D eigenvalue weighted by molar-refractivity contribution is 6.01. The average molecular weight is 213 g/mol. The second kappa shape index (κ2) is 3.64. The zero-order valence-electron chi connectivity index (χ0n) is 7.72. The fourth-order valence-corrected chi connectivity index (χ4v) is 1.07. The lowest BCUT2D eigenvalue weighted by Gasteiger charge is -2.02. The summed E-state index contributed by atoms with van der Waals surface area (Å²) in [5, 5.41) is 17.2. The van der Waals surface area contributed by atoms with Crippen molar-refractivity contribution in [1.29, 1.82) is 0 Å². The van der Waals surface area contributed by atoms with Crippen molar-refractivity contribution in [2.24, 2.45) is 17.3 Å². The maximum atomic E-state index is 12.3. The first-order valence-corrected chi connectivity index (χ1v) is 4.06. The summed E-state index contributed by atoms with van der Waals surface area (Å²) in [7, 11) is 1.55. The molecule has 0 aliphatic carbocycles. The van der Waals surface area contributed by atoms with E-state index < -0.39 is 6.43 Å². The maximum absolute atomic E-state index is 12.3. The van der Waals surface area contributed by atoms with Gasteiger partial charge in [-0.15, -0.1) is 10.2 Å². The van der Waals surface area contributed by atoms with E-state index in [0.717, 1.165) is 0 Å². The van der Waals surface area contributed by atoms with Crippen molar-refractivity contribution in [3.63, 3.8) is 0 Å². The van der Waals surface area contributed by atoms with Crippen molar-refractivity contribution in [2.45, 2.75) is 6.43 Å². The molecule has 0 saturated heterocycles. The number of anilines is 1. The average Bonchev–Trinajstić information content (AvgIpc) is 2.77. The lowest BCUT2D eigenvalue weighted by molar-refractivity contribution is 0.145. The fraction of sp³-hybridized carbons (Fsp3) is 0.286. The summed E-state index contributed by atoms with van der Waals surface area (Å²) < 4.78 is 25.9. The van der Waals surface area contributed by atoms with E-state index in [1.807, 2.05) is 0 Å². The highest BCUT2D eigenvalue weighted by atomic mass is 19.3. The Bertz CT molecular complexity index is 421. The molecule has 0 atom stereocenters. The van der Waals surface area contributed by atoms with Crippen molar-refractivity contribution >= 4 is 18.1 Å². The Morgan fingerprint density at radius 3 is 2.80 bits per heavy atom. The molecule has 0 amide bonds. The lowest BCUT2D eigenvalue weighted by atomic mass is 10.4. The van der Waals surface area contributed by atoms with Crippen LogP contribution >= 0.6 is 0 Å². The van der Waals surface area contributed by atoms with E-state index in [0.29, 0.717) is 5.82 Å². The normalized spacial score (nSPS) is 14.3. The van der Waals surface area contributed by atoms with Gasteiger partial charge in [0.25, 0.3) is 6.43 Å². The molecule has 0 aromatic carbocycles. The maximum Gasteiger partial charge on any atom is 0.282 e. The molecular formula is C7H7F2N6. The summed E-state index contributed by atoms with van der Waals surface area (Å²) in [6.45, 7) is 0. The topological polar surface area (TPSA) is 68.7 Å². The summed E-state index contributed by atoms with van der Waals surface area (Å²) in [6, 6.07) is 1.24. The first-order chi connectivity index (χ1) is 7.16. The third kappa shape index (κ3) is 1.92. The quantitative estimate of drug-likeness (QED) is 0.785. The Morgan fingerprint density at radius 2 is 2.27 bits per heavy atom. The predicted octanol–water partition coefficient (Wildman–Crippen LogP) is 0.687. The van der Waals surface area contributed by atoms with Crippen LogP contribution in [0, 0.1) is 0 Å². The summed E-state index contributed by atoms with van der Waals surface area (Å²) in [5.74, 6) is 0.636. The Balaban J connectivity index is 2.14. The lowest BCUT2D eigenvalue weighted by Crippen LogP contribution is -2.21. The SMILES string of the molecule is Cn1nc(C(F)F)cc1NC1=NN=C[N]1. The minimum Gasteiger partial charge on any atom is -0.308 e. The molecular weight excluding hydrogens is 206 g/mol. The third-order valence-electron chi connectivity index (χ3n) is 1.75. The summed E-state index contributed by atoms with van der Waals surface area (Å²) in [4.78, 5) is 0. The Labute approximate surface area is 83.7 Å². The molecule has 8 heteroatoms. The number of alkyl halides is 2. The monoisotopic (exact) mass is 213 g/mol. The van der Waals surface area contributed by atoms with Crippen LogP contribution in [0.1, 0.15) is 12.1 Å². The van der Waals surface area contributed by atoms with Gasteiger partial charge in [-0.1, -0.05) is 0 Å². The van der Waals surface area contributed by atoms with E-state index in [2.05, 4.69) is 25.9 Å². The Hall–Kier alpha value is -1.99. The molecule has 15 heavy (non-hydrogen) atoms. The highest BCUT2D eigenvalue weighted by Gasteiger charge is 2.15. The van der Waals surface area contributed by atoms with Crippen LogP contribution in [0.3, 0.4) is 0 Å². The second-order valence-electron chi connectivity index (χ2n) is 2.79. The number of hydrogen-bond acceptors (Lipinski definition) is 4. The molecule has 0 unspecified atom stereocenters. The van der Waals surface area contributed by atoms with Gasteiger partial charge in [0, 0.05) is 13.1 Å². The van der Waals surface area contributed by atoms with E-state index in [9.17, 15) is 8.78 Å². The van der Waals surface area contributed by atoms with Gasteiger partial charge in [0.05, 0.1) is 0 Å². The van der Waals surface area contributed by atoms with E-state index in [4.69, 9.17) is 0 Å². The number of nitrogens with zero attached hydrogens (tertiary/aromatic N) is 5. The molecule has 1 radical (unpaired) electrons. The van der Waals surface area contributed by atoms with Gasteiger partial charge >= 0.3 is 0 Å². The summed E-state index contributed by atoms with van der Waals surface area (Å²) in [5.41, 5.74) is -0.292. The van der Waals surface area contributed by atoms with Crippen molar-refractivity contribution in [1.82, 2.24) is 15.1 Å². The van der Waals surface area contributed by atoms with Crippen LogP contribution in [0.15, 0.2) is 16.3 Å². The minimum atomic E-state index is -2.59. The molecule has 1 N–H and O–H groups in total. The molecule has 6 nitrogen and oxygen atoms in total. The molecule has 1 aliphatic rings. The van der Waals surface area contributed by atoms with E-state index in [1.165, 1.54) is 17.1 Å². The molecule has 0 fully saturated rings. The fourth-order valence-electron chi connectivity index (χ4n) is 1.07. The van der Waals surface area contributed by atoms with Crippen molar-refractivity contribution in [3.8, 4) is 0 Å². The van der Waals surface area contributed by atoms with Crippen molar-refractivity contribution in [3.05, 3.63) is 11.8 Å². The van der Waals surface area contributed by atoms with Gasteiger partial charge in [-0.25, -0.2) is 8.78 Å². The Morgan fingerprint density at radius 1 is 1.47 bits per heavy atom. The molecule has 1 aromatic heterocycles. The molecule has 1 aliphatic heterocycles. The minimum absolute atomic E-state index is 0.249. The molecule has 79 valence electrons. The molecule has 2 heterocycles. The number of nitrogens with one attached hydrogen (secondary N) is 1. The molecule has 0 saturated carbocycles. The van der Waals surface area contributed by atoms with Gasteiger partial charge in [-0.2, -0.15) is 10.4 Å². The van der Waals surface area contributed by atoms with Gasteiger partial charge in [-0.05, 0) is 0 Å². The van der Waals surface area contributed by atoms with Crippen LogP contribution in [0.4, 0.5) is 14.6 Å². The van der Waals surface area contributed by atoms with Gasteiger partial charge < -0.3 is 5.32 Å². The molecule has 0 spiro atoms. The number of aryl methyl sites for hydroxylation is 1. The van der Waals surface area contributed by atoms with Crippen molar-refractivity contribution < 1.29 is 8.78 Å². The van der Waals surface area contributed by atoms with Crippen LogP contribution in [0.25, 0.3) is 0 Å². The largest absolute Gasteiger partial charge is 0.308 e. The van der Waals surface area contributed by atoms with E-state index in [1.54, 1.807) is 7.05 Å². The van der Waals surface area contributed by atoms with Gasteiger partial charge in [-0.3, -0.25) is 4.68 Å². The molecule has 2 rings (SSSR count). The van der Waals surface area contributed by atoms with Gasteiger partial charge in [0.2, 0.25) is 5.96 Å². The summed E-state index contributed by atoms with van der Waals surface area (Å²) in [6.07, 6.45) is -1.34. The number of rotatable bonds is 2. The van der Waals surface area contributed by atoms with E-state index >= 15 is 0 Å². The number of hydrogen-bond donors (Lipinski definition) is 1. The number of aromatic nitrogens is 2. The van der Waals surface area contributed by atoms with E-state index in [-0.39, 0.29) is 11.7 Å². The van der Waals surface area contributed by atoms with Crippen molar-refractivity contribution in [2.75, 3.05) is 5.32 Å². The Kier molecular flexibility index (Phi) is 2.32. The smallest absolute Gasteiger partial charge is 0.282 e. The van der Waals surface area contributed by atoms with Crippen LogP contribution in [0.2, 0.25) is 0 Å². The standard InChI is InChI=1S/C7H7F2N6/c1-15-5(2-4(14-15)6(8)9)12-7-10-3-11-13-7/h2-3,6H,1H3,(H,12,13). The second-order valence-corrected chi connectivity index (χ2v) is 2.79. The first-order valence-electron chi connectivity index (χ1n) is 4.06. The first kappa shape index (κ1) is 9.56. The van der Waals surface area contributed by atoms with Crippen LogP contribution < -0.4 is 10.6 Å². The zero-order valence-corrected chi connectivity index (χ0v) is 7.72. The number of halogens is 2. The third-order valence-corrected chi connectivity index (χ3v) is 1.75. The van der Waals surface area contributed by atoms with Crippen LogP contribution in [-0.4, -0.2) is 22.1 Å². The molecule has 0 bridgehead atoms. The van der Waals surface area contributed by atoms with Gasteiger partial charge in [0.1, 0.15) is 17.9 Å². The van der Waals surface area contributed by atoms with Crippen LogP contribution in [-0.2, 0) is 7.05 Å². The highest BCUT2D eigenvalue weighted by Crippen LogP contribution is 2.20. The zero-order chi connectivity index (χ0) is 10.8. The van der Waals surface area contributed by atoms with Crippen LogP contribution in [0.5, 0.6) is 0 Å². The molecule has 1 aromatic rings. The predicted molar refractivity (Wildman–Crippen MR) is 49.8 cm³/mol. The van der Waals surface area contributed by atoms with Gasteiger partial charge in [0.15, 0.2) is 0 Å².